The predicted molar refractivity (Wildman–Crippen MR) is 86.0 cm³/mol. The first-order valence-electron chi connectivity index (χ1n) is 6.71. The van der Waals surface area contributed by atoms with Crippen LogP contribution in [-0.4, -0.2) is 24.5 Å². The third-order valence-electron chi connectivity index (χ3n) is 3.69. The van der Waals surface area contributed by atoms with Crippen molar-refractivity contribution in [3.8, 4) is 0 Å². The minimum Gasteiger partial charge on any atom is -0.335 e. The zero-order valence-corrected chi connectivity index (χ0v) is 14.8. The molecule has 0 aromatic carbocycles. The van der Waals surface area contributed by atoms with Crippen molar-refractivity contribution in [2.45, 2.75) is 30.5 Å². The van der Waals surface area contributed by atoms with Crippen LogP contribution < -0.4 is 4.72 Å². The van der Waals surface area contributed by atoms with E-state index in [0.717, 1.165) is 34.6 Å². The average Bonchev–Trinajstić information content (AvgIpc) is 3.04. The first-order valence-corrected chi connectivity index (χ1v) is 9.80. The molecule has 3 heterocycles. The number of imidazole rings is 1. The van der Waals surface area contributed by atoms with E-state index >= 15 is 0 Å². The van der Waals surface area contributed by atoms with E-state index in [-0.39, 0.29) is 0 Å². The molecule has 2 aromatic heterocycles. The van der Waals surface area contributed by atoms with Crippen LogP contribution in [0.5, 0.6) is 0 Å². The van der Waals surface area contributed by atoms with Crippen LogP contribution in [0.1, 0.15) is 17.8 Å². The van der Waals surface area contributed by atoms with Crippen molar-refractivity contribution in [3.63, 3.8) is 0 Å². The summed E-state index contributed by atoms with van der Waals surface area (Å²) < 4.78 is 30.7. The molecule has 0 radical (unpaired) electrons. The van der Waals surface area contributed by atoms with Crippen molar-refractivity contribution in [3.05, 3.63) is 33.6 Å². The maximum Gasteiger partial charge on any atom is 0.250 e. The second-order valence-electron chi connectivity index (χ2n) is 5.27. The number of hydrogen-bond donors (Lipinski definition) is 1. The van der Waals surface area contributed by atoms with Crippen LogP contribution in [0.4, 0.5) is 0 Å². The van der Waals surface area contributed by atoms with Gasteiger partial charge in [0.15, 0.2) is 0 Å². The quantitative estimate of drug-likeness (QED) is 0.873. The Labute approximate surface area is 136 Å². The van der Waals surface area contributed by atoms with Crippen LogP contribution in [0.2, 0.25) is 0 Å². The zero-order chi connectivity index (χ0) is 15.0. The lowest BCUT2D eigenvalue weighted by Gasteiger charge is -2.23. The monoisotopic (exact) mass is 389 g/mol. The fourth-order valence-corrected chi connectivity index (χ4v) is 5.85. The molecule has 0 spiro atoms. The van der Waals surface area contributed by atoms with Gasteiger partial charge in [0.05, 0.1) is 3.79 Å². The fraction of sp³-hybridized carbons (Fsp3) is 0.462. The number of fused-ring (bicyclic) bond motifs is 1. The topological polar surface area (TPSA) is 64.0 Å². The van der Waals surface area contributed by atoms with Gasteiger partial charge in [-0.05, 0) is 46.8 Å². The fourth-order valence-electron chi connectivity index (χ4n) is 2.47. The van der Waals surface area contributed by atoms with Crippen molar-refractivity contribution in [1.82, 2.24) is 14.3 Å². The molecule has 0 bridgehead atoms. The first-order chi connectivity index (χ1) is 9.95. The number of hydrogen-bond acceptors (Lipinski definition) is 4. The van der Waals surface area contributed by atoms with Crippen molar-refractivity contribution in [1.29, 1.82) is 0 Å². The third kappa shape index (κ3) is 3.23. The van der Waals surface area contributed by atoms with E-state index in [0.29, 0.717) is 16.7 Å². The molecule has 1 aliphatic heterocycles. The summed E-state index contributed by atoms with van der Waals surface area (Å²) in [7, 11) is -3.41. The van der Waals surface area contributed by atoms with Gasteiger partial charge in [0.25, 0.3) is 0 Å². The van der Waals surface area contributed by atoms with Gasteiger partial charge in [-0.1, -0.05) is 0 Å². The first kappa shape index (κ1) is 15.2. The minimum atomic E-state index is -3.41. The van der Waals surface area contributed by atoms with Gasteiger partial charge in [0.2, 0.25) is 10.0 Å². The SMILES string of the molecule is Cc1cc(S(=O)(=O)NC[C@@H]2CCc3nccn3C2)sc1Br. The highest BCUT2D eigenvalue weighted by Crippen LogP contribution is 2.30. The van der Waals surface area contributed by atoms with Gasteiger partial charge in [0, 0.05) is 31.9 Å². The van der Waals surface area contributed by atoms with E-state index in [4.69, 9.17) is 0 Å². The Hall–Kier alpha value is -0.700. The van der Waals surface area contributed by atoms with Crippen LogP contribution >= 0.6 is 27.3 Å². The Kier molecular flexibility index (Phi) is 4.22. The summed E-state index contributed by atoms with van der Waals surface area (Å²) in [5, 5.41) is 0. The van der Waals surface area contributed by atoms with E-state index in [1.165, 1.54) is 11.3 Å². The highest BCUT2D eigenvalue weighted by Gasteiger charge is 2.23. The molecule has 0 saturated carbocycles. The number of sulfonamides is 1. The molecule has 1 N–H and O–H groups in total. The van der Waals surface area contributed by atoms with E-state index in [2.05, 4.69) is 30.2 Å². The van der Waals surface area contributed by atoms with E-state index in [9.17, 15) is 8.42 Å². The number of aryl methyl sites for hydroxylation is 2. The van der Waals surface area contributed by atoms with Gasteiger partial charge < -0.3 is 4.57 Å². The Bertz CT molecular complexity index is 732. The second-order valence-corrected chi connectivity index (χ2v) is 9.64. The van der Waals surface area contributed by atoms with Crippen LogP contribution in [-0.2, 0) is 23.0 Å². The predicted octanol–water partition coefficient (Wildman–Crippen LogP) is 2.56. The summed E-state index contributed by atoms with van der Waals surface area (Å²) in [6.07, 6.45) is 5.62. The van der Waals surface area contributed by atoms with Gasteiger partial charge in [-0.15, -0.1) is 11.3 Å². The number of nitrogens with zero attached hydrogens (tertiary/aromatic N) is 2. The maximum absolute atomic E-state index is 12.3. The zero-order valence-electron chi connectivity index (χ0n) is 11.5. The number of aromatic nitrogens is 2. The number of halogens is 1. The smallest absolute Gasteiger partial charge is 0.250 e. The lowest BCUT2D eigenvalue weighted by Crippen LogP contribution is -2.33. The molecule has 8 heteroatoms. The molecule has 1 aliphatic rings. The molecule has 0 amide bonds. The maximum atomic E-state index is 12.3. The summed E-state index contributed by atoms with van der Waals surface area (Å²) >= 11 is 4.61. The Morgan fingerprint density at radius 1 is 1.57 bits per heavy atom. The number of rotatable bonds is 4. The molecule has 3 rings (SSSR count). The Balaban J connectivity index is 1.65. The lowest BCUT2D eigenvalue weighted by molar-refractivity contribution is 0.363. The largest absolute Gasteiger partial charge is 0.335 e. The van der Waals surface area contributed by atoms with Gasteiger partial charge in [-0.3, -0.25) is 0 Å². The van der Waals surface area contributed by atoms with E-state index < -0.39 is 10.0 Å². The number of nitrogens with one attached hydrogen (secondary N) is 1. The summed E-state index contributed by atoms with van der Waals surface area (Å²) in [6.45, 7) is 3.18. The third-order valence-corrected chi connectivity index (χ3v) is 7.73. The summed E-state index contributed by atoms with van der Waals surface area (Å²) in [5.41, 5.74) is 0.945. The molecule has 0 fully saturated rings. The van der Waals surface area contributed by atoms with Crippen molar-refractivity contribution in [2.75, 3.05) is 6.54 Å². The van der Waals surface area contributed by atoms with Crippen molar-refractivity contribution in [2.24, 2.45) is 5.92 Å². The van der Waals surface area contributed by atoms with Crippen molar-refractivity contribution < 1.29 is 8.42 Å². The van der Waals surface area contributed by atoms with E-state index in [1.807, 2.05) is 13.1 Å². The second kappa shape index (κ2) is 5.83. The average molecular weight is 390 g/mol. The molecular weight excluding hydrogens is 374 g/mol. The lowest BCUT2D eigenvalue weighted by atomic mass is 10.00. The van der Waals surface area contributed by atoms with Gasteiger partial charge in [-0.25, -0.2) is 18.1 Å². The normalized spacial score (nSPS) is 18.7. The van der Waals surface area contributed by atoms with Crippen LogP contribution in [0.3, 0.4) is 0 Å². The summed E-state index contributed by atoms with van der Waals surface area (Å²) in [4.78, 5) is 4.28. The standard InChI is InChI=1S/C13H16BrN3O2S2/c1-9-6-12(20-13(9)14)21(18,19)16-7-10-2-3-11-15-4-5-17(11)8-10/h4-6,10,16H,2-3,7-8H2,1H3/t10-/m0/s1. The van der Waals surface area contributed by atoms with Crippen LogP contribution in [0, 0.1) is 12.8 Å². The molecule has 21 heavy (non-hydrogen) atoms. The molecular formula is C13H16BrN3O2S2. The highest BCUT2D eigenvalue weighted by molar-refractivity contribution is 9.11. The molecule has 5 nitrogen and oxygen atoms in total. The molecule has 1 atom stereocenters. The molecule has 0 saturated heterocycles. The molecule has 2 aromatic rings. The Morgan fingerprint density at radius 2 is 2.38 bits per heavy atom. The summed E-state index contributed by atoms with van der Waals surface area (Å²) in [5.74, 6) is 1.40. The molecule has 114 valence electrons. The minimum absolute atomic E-state index is 0.311. The van der Waals surface area contributed by atoms with Crippen LogP contribution in [0.15, 0.2) is 26.5 Å². The van der Waals surface area contributed by atoms with Crippen LogP contribution in [0.25, 0.3) is 0 Å². The van der Waals surface area contributed by atoms with E-state index in [1.54, 1.807) is 12.3 Å². The van der Waals surface area contributed by atoms with Crippen molar-refractivity contribution >= 4 is 37.3 Å². The number of thiophene rings is 1. The van der Waals surface area contributed by atoms with Gasteiger partial charge in [0.1, 0.15) is 10.0 Å². The van der Waals surface area contributed by atoms with Gasteiger partial charge >= 0.3 is 0 Å². The molecule has 0 aliphatic carbocycles. The highest BCUT2D eigenvalue weighted by atomic mass is 79.9. The Morgan fingerprint density at radius 3 is 3.10 bits per heavy atom. The summed E-state index contributed by atoms with van der Waals surface area (Å²) in [6, 6.07) is 1.70. The van der Waals surface area contributed by atoms with Gasteiger partial charge in [-0.2, -0.15) is 0 Å². The molecule has 0 unspecified atom stereocenters.